The number of methoxy groups -OCH3 is 2. The lowest BCUT2D eigenvalue weighted by Gasteiger charge is -2.06. The fourth-order valence-corrected chi connectivity index (χ4v) is 1.78. The van der Waals surface area contributed by atoms with Gasteiger partial charge in [-0.05, 0) is 19.1 Å². The van der Waals surface area contributed by atoms with E-state index in [-0.39, 0.29) is 6.42 Å². The second-order valence-electron chi connectivity index (χ2n) is 4.20. The van der Waals surface area contributed by atoms with Crippen molar-refractivity contribution in [2.24, 2.45) is 0 Å². The maximum atomic E-state index is 10.7. The van der Waals surface area contributed by atoms with Crippen molar-refractivity contribution in [3.05, 3.63) is 29.7 Å². The zero-order valence-electron chi connectivity index (χ0n) is 11.5. The van der Waals surface area contributed by atoms with Crippen molar-refractivity contribution >= 4 is 5.97 Å². The molecule has 1 N–H and O–H groups in total. The molecule has 20 heavy (non-hydrogen) atoms. The van der Waals surface area contributed by atoms with Crippen molar-refractivity contribution < 1.29 is 23.8 Å². The molecule has 1 heterocycles. The summed E-state index contributed by atoms with van der Waals surface area (Å²) in [5, 5.41) is 8.81. The minimum atomic E-state index is -0.959. The Hall–Kier alpha value is -2.50. The third-order valence-corrected chi connectivity index (χ3v) is 2.80. The summed E-state index contributed by atoms with van der Waals surface area (Å²) in [6.07, 6.45) is -0.195. The first-order chi connectivity index (χ1) is 9.53. The highest BCUT2D eigenvalue weighted by molar-refractivity contribution is 5.70. The Morgan fingerprint density at radius 2 is 1.85 bits per heavy atom. The first-order valence-corrected chi connectivity index (χ1v) is 5.95. The lowest BCUT2D eigenvalue weighted by molar-refractivity contribution is -0.136. The van der Waals surface area contributed by atoms with Crippen LogP contribution in [0.4, 0.5) is 0 Å². The summed E-state index contributed by atoms with van der Waals surface area (Å²) in [5.41, 5.74) is 1.23. The number of carbonyl (C=O) groups is 1. The van der Waals surface area contributed by atoms with Gasteiger partial charge in [-0.25, -0.2) is 4.98 Å². The molecule has 0 saturated heterocycles. The monoisotopic (exact) mass is 277 g/mol. The van der Waals surface area contributed by atoms with Crippen LogP contribution in [0.3, 0.4) is 0 Å². The number of hydrogen-bond donors (Lipinski definition) is 1. The molecule has 0 saturated carbocycles. The molecule has 1 aromatic heterocycles. The molecule has 0 spiro atoms. The van der Waals surface area contributed by atoms with E-state index in [1.807, 2.05) is 0 Å². The Kier molecular flexibility index (Phi) is 3.93. The van der Waals surface area contributed by atoms with E-state index in [4.69, 9.17) is 19.0 Å². The number of ether oxygens (including phenoxy) is 2. The molecular formula is C14H15NO5. The predicted octanol–water partition coefficient (Wildman–Crippen LogP) is 2.29. The molecule has 0 amide bonds. The average molecular weight is 277 g/mol. The fraction of sp³-hybridized carbons (Fsp3) is 0.286. The molecule has 6 nitrogen and oxygen atoms in total. The van der Waals surface area contributed by atoms with E-state index in [0.29, 0.717) is 34.4 Å². The van der Waals surface area contributed by atoms with Crippen LogP contribution in [0.25, 0.3) is 11.5 Å². The van der Waals surface area contributed by atoms with Gasteiger partial charge >= 0.3 is 5.97 Å². The van der Waals surface area contributed by atoms with Crippen LogP contribution in [0.2, 0.25) is 0 Å². The number of benzene rings is 1. The smallest absolute Gasteiger partial charge is 0.311 e. The number of rotatable bonds is 5. The van der Waals surface area contributed by atoms with Gasteiger partial charge in [-0.3, -0.25) is 4.79 Å². The summed E-state index contributed by atoms with van der Waals surface area (Å²) >= 11 is 0. The molecule has 0 radical (unpaired) electrons. The summed E-state index contributed by atoms with van der Waals surface area (Å²) in [5.74, 6) is 0.939. The van der Waals surface area contributed by atoms with Gasteiger partial charge in [0.05, 0.1) is 19.9 Å². The molecule has 0 aliphatic carbocycles. The summed E-state index contributed by atoms with van der Waals surface area (Å²) in [7, 11) is 3.10. The van der Waals surface area contributed by atoms with Crippen LogP contribution in [-0.4, -0.2) is 30.3 Å². The Morgan fingerprint density at radius 3 is 2.35 bits per heavy atom. The summed E-state index contributed by atoms with van der Waals surface area (Å²) in [4.78, 5) is 15.0. The highest BCUT2D eigenvalue weighted by Crippen LogP contribution is 2.30. The predicted molar refractivity (Wildman–Crippen MR) is 71.1 cm³/mol. The maximum Gasteiger partial charge on any atom is 0.311 e. The number of aryl methyl sites for hydroxylation is 1. The number of nitrogens with zero attached hydrogens (tertiary/aromatic N) is 1. The van der Waals surface area contributed by atoms with Crippen LogP contribution < -0.4 is 9.47 Å². The van der Waals surface area contributed by atoms with Crippen molar-refractivity contribution in [1.29, 1.82) is 0 Å². The topological polar surface area (TPSA) is 81.8 Å². The zero-order chi connectivity index (χ0) is 14.7. The van der Waals surface area contributed by atoms with Crippen LogP contribution >= 0.6 is 0 Å². The number of oxazole rings is 1. The first kappa shape index (κ1) is 13.9. The average Bonchev–Trinajstić information content (AvgIpc) is 2.79. The van der Waals surface area contributed by atoms with Crippen molar-refractivity contribution in [2.45, 2.75) is 13.3 Å². The fourth-order valence-electron chi connectivity index (χ4n) is 1.78. The Morgan fingerprint density at radius 1 is 1.25 bits per heavy atom. The Labute approximate surface area is 116 Å². The van der Waals surface area contributed by atoms with Crippen LogP contribution in [0, 0.1) is 6.92 Å². The SMILES string of the molecule is COc1cc(OC)cc(-c2nc(C)c(CC(=O)O)o2)c1. The molecular weight excluding hydrogens is 262 g/mol. The van der Waals surface area contributed by atoms with E-state index < -0.39 is 5.97 Å². The van der Waals surface area contributed by atoms with Gasteiger partial charge in [0, 0.05) is 11.6 Å². The lowest BCUT2D eigenvalue weighted by Crippen LogP contribution is -1.99. The van der Waals surface area contributed by atoms with Crippen LogP contribution in [0.5, 0.6) is 11.5 Å². The molecule has 0 aliphatic rings. The molecule has 2 aromatic rings. The number of aromatic nitrogens is 1. The lowest BCUT2D eigenvalue weighted by atomic mass is 10.2. The largest absolute Gasteiger partial charge is 0.497 e. The molecule has 106 valence electrons. The molecule has 0 aliphatic heterocycles. The van der Waals surface area contributed by atoms with Gasteiger partial charge in [0.1, 0.15) is 23.7 Å². The molecule has 0 atom stereocenters. The van der Waals surface area contributed by atoms with Gasteiger partial charge in [-0.1, -0.05) is 0 Å². The quantitative estimate of drug-likeness (QED) is 0.903. The van der Waals surface area contributed by atoms with Crippen LogP contribution in [0.1, 0.15) is 11.5 Å². The van der Waals surface area contributed by atoms with Gasteiger partial charge < -0.3 is 19.0 Å². The third-order valence-electron chi connectivity index (χ3n) is 2.80. The standard InChI is InChI=1S/C14H15NO5/c1-8-12(7-13(16)17)20-14(15-8)9-4-10(18-2)6-11(5-9)19-3/h4-6H,7H2,1-3H3,(H,16,17). The molecule has 2 rings (SSSR count). The highest BCUT2D eigenvalue weighted by Gasteiger charge is 2.15. The number of carboxylic acids is 1. The number of aliphatic carboxylic acids is 1. The highest BCUT2D eigenvalue weighted by atomic mass is 16.5. The summed E-state index contributed by atoms with van der Waals surface area (Å²) in [6, 6.07) is 5.23. The van der Waals surface area contributed by atoms with E-state index in [1.165, 1.54) is 0 Å². The third kappa shape index (κ3) is 2.90. The number of hydrogen-bond acceptors (Lipinski definition) is 5. The van der Waals surface area contributed by atoms with Gasteiger partial charge in [-0.2, -0.15) is 0 Å². The van der Waals surface area contributed by atoms with Gasteiger partial charge in [0.25, 0.3) is 0 Å². The molecule has 6 heteroatoms. The molecule has 0 unspecified atom stereocenters. The minimum absolute atomic E-state index is 0.195. The van der Waals surface area contributed by atoms with Crippen molar-refractivity contribution in [2.75, 3.05) is 14.2 Å². The van der Waals surface area contributed by atoms with Gasteiger partial charge in [0.2, 0.25) is 5.89 Å². The second-order valence-corrected chi connectivity index (χ2v) is 4.20. The molecule has 0 fully saturated rings. The first-order valence-electron chi connectivity index (χ1n) is 5.95. The van der Waals surface area contributed by atoms with E-state index in [2.05, 4.69) is 4.98 Å². The number of carboxylic acid groups (broad SMARTS) is 1. The van der Waals surface area contributed by atoms with Crippen LogP contribution in [-0.2, 0) is 11.2 Å². The van der Waals surface area contributed by atoms with E-state index in [0.717, 1.165) is 0 Å². The van der Waals surface area contributed by atoms with E-state index >= 15 is 0 Å². The van der Waals surface area contributed by atoms with Gasteiger partial charge in [-0.15, -0.1) is 0 Å². The Bertz CT molecular complexity index is 610. The van der Waals surface area contributed by atoms with E-state index in [9.17, 15) is 4.79 Å². The zero-order valence-corrected chi connectivity index (χ0v) is 11.5. The van der Waals surface area contributed by atoms with Crippen LogP contribution in [0.15, 0.2) is 22.6 Å². The minimum Gasteiger partial charge on any atom is -0.497 e. The Balaban J connectivity index is 2.43. The van der Waals surface area contributed by atoms with E-state index in [1.54, 1.807) is 39.3 Å². The van der Waals surface area contributed by atoms with Crippen molar-refractivity contribution in [1.82, 2.24) is 4.98 Å². The van der Waals surface area contributed by atoms with Crippen molar-refractivity contribution in [3.8, 4) is 23.0 Å². The molecule has 1 aromatic carbocycles. The summed E-state index contributed by atoms with van der Waals surface area (Å²) in [6.45, 7) is 1.71. The molecule has 0 bridgehead atoms. The van der Waals surface area contributed by atoms with Crippen molar-refractivity contribution in [3.63, 3.8) is 0 Å². The van der Waals surface area contributed by atoms with Gasteiger partial charge in [0.15, 0.2) is 0 Å². The normalized spacial score (nSPS) is 10.3. The summed E-state index contributed by atoms with van der Waals surface area (Å²) < 4.78 is 15.9. The second kappa shape index (κ2) is 5.64. The maximum absolute atomic E-state index is 10.7.